The molecular weight excluding hydrogens is 236 g/mol. The van der Waals surface area contributed by atoms with Gasteiger partial charge in [-0.3, -0.25) is 0 Å². The zero-order valence-corrected chi connectivity index (χ0v) is 11.1. The standard InChI is InChI=1S/C15H20N4/c16-14(10-12-6-4-5-7-12)15-11-17-19(18-15)13-8-2-1-3-9-13/h1-3,8-9,11-12,14H,4-7,10,16H2. The van der Waals surface area contributed by atoms with Crippen LogP contribution in [0, 0.1) is 5.92 Å². The van der Waals surface area contributed by atoms with Gasteiger partial charge in [-0.2, -0.15) is 15.0 Å². The predicted molar refractivity (Wildman–Crippen MR) is 74.9 cm³/mol. The van der Waals surface area contributed by atoms with E-state index in [0.717, 1.165) is 23.7 Å². The molecule has 0 saturated heterocycles. The summed E-state index contributed by atoms with van der Waals surface area (Å²) in [6.45, 7) is 0. The molecular formula is C15H20N4. The second-order valence-corrected chi connectivity index (χ2v) is 5.39. The van der Waals surface area contributed by atoms with Crippen molar-refractivity contribution in [1.82, 2.24) is 15.0 Å². The molecule has 1 aromatic carbocycles. The van der Waals surface area contributed by atoms with E-state index in [-0.39, 0.29) is 6.04 Å². The lowest BCUT2D eigenvalue weighted by Gasteiger charge is -2.13. The zero-order chi connectivity index (χ0) is 13.1. The van der Waals surface area contributed by atoms with Gasteiger partial charge in [0.1, 0.15) is 0 Å². The third kappa shape index (κ3) is 2.84. The van der Waals surface area contributed by atoms with E-state index >= 15 is 0 Å². The summed E-state index contributed by atoms with van der Waals surface area (Å²) < 4.78 is 0. The number of nitrogens with two attached hydrogens (primary N) is 1. The smallest absolute Gasteiger partial charge is 0.0998 e. The molecule has 1 aromatic heterocycles. The Hall–Kier alpha value is -1.68. The summed E-state index contributed by atoms with van der Waals surface area (Å²) in [7, 11) is 0. The molecule has 0 radical (unpaired) electrons. The Bertz CT molecular complexity index is 514. The minimum Gasteiger partial charge on any atom is -0.323 e. The Morgan fingerprint density at radius 3 is 2.68 bits per heavy atom. The first-order valence-electron chi connectivity index (χ1n) is 7.06. The monoisotopic (exact) mass is 256 g/mol. The van der Waals surface area contributed by atoms with Gasteiger partial charge in [-0.05, 0) is 24.5 Å². The van der Waals surface area contributed by atoms with Gasteiger partial charge in [0, 0.05) is 0 Å². The van der Waals surface area contributed by atoms with Crippen LogP contribution in [0.5, 0.6) is 0 Å². The third-order valence-electron chi connectivity index (χ3n) is 3.94. The highest BCUT2D eigenvalue weighted by molar-refractivity contribution is 5.28. The molecule has 0 amide bonds. The molecule has 2 N–H and O–H groups in total. The van der Waals surface area contributed by atoms with Crippen LogP contribution in [0.3, 0.4) is 0 Å². The van der Waals surface area contributed by atoms with Crippen LogP contribution in [-0.4, -0.2) is 15.0 Å². The molecule has 2 aromatic rings. The molecule has 4 nitrogen and oxygen atoms in total. The molecule has 1 atom stereocenters. The van der Waals surface area contributed by atoms with Gasteiger partial charge in [-0.15, -0.1) is 0 Å². The van der Waals surface area contributed by atoms with Crippen molar-refractivity contribution in [3.8, 4) is 5.69 Å². The number of nitrogens with zero attached hydrogens (tertiary/aromatic N) is 3. The van der Waals surface area contributed by atoms with E-state index in [1.54, 1.807) is 11.0 Å². The molecule has 1 aliphatic carbocycles. The van der Waals surface area contributed by atoms with Crippen LogP contribution in [0.1, 0.15) is 43.8 Å². The molecule has 1 unspecified atom stereocenters. The van der Waals surface area contributed by atoms with Crippen LogP contribution in [0.2, 0.25) is 0 Å². The minimum atomic E-state index is 0.0144. The van der Waals surface area contributed by atoms with E-state index in [4.69, 9.17) is 5.73 Å². The highest BCUT2D eigenvalue weighted by Crippen LogP contribution is 2.31. The van der Waals surface area contributed by atoms with Gasteiger partial charge in [-0.25, -0.2) is 0 Å². The molecule has 1 fully saturated rings. The largest absolute Gasteiger partial charge is 0.323 e. The first kappa shape index (κ1) is 12.4. The highest BCUT2D eigenvalue weighted by Gasteiger charge is 2.20. The molecule has 1 saturated carbocycles. The Kier molecular flexibility index (Phi) is 3.60. The topological polar surface area (TPSA) is 56.7 Å². The number of hydrogen-bond acceptors (Lipinski definition) is 3. The summed E-state index contributed by atoms with van der Waals surface area (Å²) in [5, 5.41) is 8.81. The average Bonchev–Trinajstić information content (AvgIpc) is 3.10. The molecule has 19 heavy (non-hydrogen) atoms. The van der Waals surface area contributed by atoms with E-state index in [9.17, 15) is 0 Å². The third-order valence-corrected chi connectivity index (χ3v) is 3.94. The Balaban J connectivity index is 1.70. The van der Waals surface area contributed by atoms with Crippen molar-refractivity contribution in [2.24, 2.45) is 11.7 Å². The van der Waals surface area contributed by atoms with E-state index in [1.807, 2.05) is 30.3 Å². The first-order chi connectivity index (χ1) is 9.33. The van der Waals surface area contributed by atoms with Crippen molar-refractivity contribution < 1.29 is 0 Å². The number of para-hydroxylation sites is 1. The molecule has 4 heteroatoms. The number of hydrogen-bond donors (Lipinski definition) is 1. The molecule has 1 heterocycles. The van der Waals surface area contributed by atoms with Gasteiger partial charge >= 0.3 is 0 Å². The molecule has 0 aliphatic heterocycles. The summed E-state index contributed by atoms with van der Waals surface area (Å²) in [4.78, 5) is 1.66. The second-order valence-electron chi connectivity index (χ2n) is 5.39. The Labute approximate surface area is 113 Å². The Morgan fingerprint density at radius 1 is 1.21 bits per heavy atom. The van der Waals surface area contributed by atoms with E-state index in [2.05, 4.69) is 10.2 Å². The van der Waals surface area contributed by atoms with Crippen molar-refractivity contribution in [2.45, 2.75) is 38.1 Å². The average molecular weight is 256 g/mol. The number of aromatic nitrogens is 3. The maximum absolute atomic E-state index is 6.25. The van der Waals surface area contributed by atoms with Gasteiger partial charge in [0.05, 0.1) is 23.6 Å². The fourth-order valence-electron chi connectivity index (χ4n) is 2.86. The van der Waals surface area contributed by atoms with Crippen molar-refractivity contribution in [3.05, 3.63) is 42.2 Å². The van der Waals surface area contributed by atoms with Crippen LogP contribution in [0.4, 0.5) is 0 Å². The van der Waals surface area contributed by atoms with Crippen LogP contribution in [0.15, 0.2) is 36.5 Å². The number of rotatable bonds is 4. The summed E-state index contributed by atoms with van der Waals surface area (Å²) in [5.74, 6) is 0.775. The zero-order valence-electron chi connectivity index (χ0n) is 11.1. The first-order valence-corrected chi connectivity index (χ1v) is 7.06. The second kappa shape index (κ2) is 5.53. The van der Waals surface area contributed by atoms with E-state index in [0.29, 0.717) is 0 Å². The molecule has 3 rings (SSSR count). The molecule has 0 bridgehead atoms. The maximum atomic E-state index is 6.25. The lowest BCUT2D eigenvalue weighted by molar-refractivity contribution is 0.444. The lowest BCUT2D eigenvalue weighted by Crippen LogP contribution is -2.15. The van der Waals surface area contributed by atoms with Crippen LogP contribution < -0.4 is 5.73 Å². The molecule has 100 valence electrons. The SMILES string of the molecule is NC(CC1CCCC1)c1cnn(-c2ccccc2)n1. The maximum Gasteiger partial charge on any atom is 0.0998 e. The van der Waals surface area contributed by atoms with Gasteiger partial charge in [0.15, 0.2) is 0 Å². The highest BCUT2D eigenvalue weighted by atomic mass is 15.5. The van der Waals surface area contributed by atoms with E-state index in [1.165, 1.54) is 25.7 Å². The molecule has 1 aliphatic rings. The van der Waals surface area contributed by atoms with Crippen LogP contribution in [0.25, 0.3) is 5.69 Å². The van der Waals surface area contributed by atoms with Crippen molar-refractivity contribution in [2.75, 3.05) is 0 Å². The summed E-state index contributed by atoms with van der Waals surface area (Å²) in [6, 6.07) is 9.95. The fourth-order valence-corrected chi connectivity index (χ4v) is 2.86. The summed E-state index contributed by atoms with van der Waals surface area (Å²) in [5.41, 5.74) is 8.12. The van der Waals surface area contributed by atoms with Crippen LogP contribution in [-0.2, 0) is 0 Å². The predicted octanol–water partition coefficient (Wildman–Crippen LogP) is 2.85. The molecule has 0 spiro atoms. The summed E-state index contributed by atoms with van der Waals surface area (Å²) >= 11 is 0. The quantitative estimate of drug-likeness (QED) is 0.915. The van der Waals surface area contributed by atoms with E-state index < -0.39 is 0 Å². The summed E-state index contributed by atoms with van der Waals surface area (Å²) in [6.07, 6.45) is 8.18. The lowest BCUT2D eigenvalue weighted by atomic mass is 9.97. The van der Waals surface area contributed by atoms with Crippen molar-refractivity contribution in [1.29, 1.82) is 0 Å². The normalized spacial score (nSPS) is 17.7. The fraction of sp³-hybridized carbons (Fsp3) is 0.467. The van der Waals surface area contributed by atoms with Crippen LogP contribution >= 0.6 is 0 Å². The minimum absolute atomic E-state index is 0.0144. The van der Waals surface area contributed by atoms with Crippen molar-refractivity contribution >= 4 is 0 Å². The number of benzene rings is 1. The van der Waals surface area contributed by atoms with Crippen molar-refractivity contribution in [3.63, 3.8) is 0 Å². The van der Waals surface area contributed by atoms with Gasteiger partial charge < -0.3 is 5.73 Å². The Morgan fingerprint density at radius 2 is 1.95 bits per heavy atom. The van der Waals surface area contributed by atoms with Gasteiger partial charge in [-0.1, -0.05) is 43.9 Å². The van der Waals surface area contributed by atoms with Gasteiger partial charge in [0.25, 0.3) is 0 Å². The van der Waals surface area contributed by atoms with Gasteiger partial charge in [0.2, 0.25) is 0 Å².